The summed E-state index contributed by atoms with van der Waals surface area (Å²) in [4.78, 5) is 43.9. The second-order valence-corrected chi connectivity index (χ2v) is 12.3. The fourth-order valence-corrected chi connectivity index (χ4v) is 5.90. The molecule has 0 saturated carbocycles. The van der Waals surface area contributed by atoms with Crippen LogP contribution in [0.15, 0.2) is 83.9 Å². The Morgan fingerprint density at radius 1 is 1.00 bits per heavy atom. The van der Waals surface area contributed by atoms with Crippen molar-refractivity contribution in [1.29, 1.82) is 0 Å². The molecular formula is C37H38F2N8O2. The first-order chi connectivity index (χ1) is 23.6. The Hall–Kier alpha value is -5.49. The third kappa shape index (κ3) is 7.98. The molecule has 49 heavy (non-hydrogen) atoms. The van der Waals surface area contributed by atoms with E-state index in [4.69, 9.17) is 0 Å². The molecule has 1 aliphatic rings. The van der Waals surface area contributed by atoms with Crippen molar-refractivity contribution in [2.45, 2.75) is 32.4 Å². The fraction of sp³-hybridized carbons (Fsp3) is 0.270. The molecule has 6 rings (SSSR count). The van der Waals surface area contributed by atoms with Crippen molar-refractivity contribution in [2.75, 3.05) is 43.9 Å². The monoisotopic (exact) mass is 664 g/mol. The van der Waals surface area contributed by atoms with Crippen LogP contribution in [0.3, 0.4) is 0 Å². The van der Waals surface area contributed by atoms with Gasteiger partial charge in [-0.2, -0.15) is 0 Å². The van der Waals surface area contributed by atoms with Gasteiger partial charge in [-0.25, -0.2) is 23.7 Å². The highest BCUT2D eigenvalue weighted by molar-refractivity contribution is 5.93. The zero-order valence-corrected chi connectivity index (χ0v) is 27.7. The highest BCUT2D eigenvalue weighted by Gasteiger charge is 2.21. The summed E-state index contributed by atoms with van der Waals surface area (Å²) in [5, 5.41) is 6.86. The number of benzene rings is 3. The summed E-state index contributed by atoms with van der Waals surface area (Å²) in [5.74, 6) is -1.73. The van der Waals surface area contributed by atoms with E-state index in [1.165, 1.54) is 22.5 Å². The summed E-state index contributed by atoms with van der Waals surface area (Å²) in [6, 6.07) is 18.1. The van der Waals surface area contributed by atoms with E-state index >= 15 is 0 Å². The minimum atomic E-state index is -1.01. The first-order valence-corrected chi connectivity index (χ1v) is 16.1. The SMILES string of the molecule is Cc1ncc(C(=O)NCC=Cc2ccc3nc(Nc4ccc(N(C)C5CCN(C)CC5)cc4)ncc3c2)c(=O)n1Cc1ccc(F)c(F)c1. The molecule has 0 spiro atoms. The molecule has 3 aromatic carbocycles. The van der Waals surface area contributed by atoms with E-state index in [9.17, 15) is 18.4 Å². The van der Waals surface area contributed by atoms with Gasteiger partial charge in [0.2, 0.25) is 5.95 Å². The number of carbonyl (C=O) groups is 1. The Bertz CT molecular complexity index is 2060. The van der Waals surface area contributed by atoms with Crippen molar-refractivity contribution < 1.29 is 13.6 Å². The standard InChI is InChI=1S/C37H38F2N8O2/c1-24-41-22-31(36(49)47(24)23-26-6-12-32(38)33(39)20-26)35(48)40-16-4-5-25-7-13-34-27(19-25)21-42-37(44-34)43-28-8-10-29(11-9-28)46(3)30-14-17-45(2)18-15-30/h4-13,19-22,30H,14-18,23H2,1-3H3,(H,40,48)(H,42,43,44). The molecule has 0 bridgehead atoms. The van der Waals surface area contributed by atoms with Crippen molar-refractivity contribution >= 4 is 40.2 Å². The zero-order valence-electron chi connectivity index (χ0n) is 27.7. The summed E-state index contributed by atoms with van der Waals surface area (Å²) in [5.41, 5.74) is 3.42. The molecular weight excluding hydrogens is 626 g/mol. The molecule has 0 atom stereocenters. The minimum Gasteiger partial charge on any atom is -0.372 e. The number of halogens is 2. The van der Waals surface area contributed by atoms with Crippen molar-refractivity contribution in [1.82, 2.24) is 29.7 Å². The molecule has 10 nitrogen and oxygen atoms in total. The third-order valence-corrected chi connectivity index (χ3v) is 8.88. The number of piperidine rings is 1. The number of anilines is 3. The summed E-state index contributed by atoms with van der Waals surface area (Å²) >= 11 is 0. The predicted molar refractivity (Wildman–Crippen MR) is 188 cm³/mol. The first kappa shape index (κ1) is 33.4. The van der Waals surface area contributed by atoms with Crippen LogP contribution in [0.25, 0.3) is 17.0 Å². The maximum Gasteiger partial charge on any atom is 0.266 e. The van der Waals surface area contributed by atoms with Gasteiger partial charge in [-0.1, -0.05) is 24.3 Å². The number of nitrogens with zero attached hydrogens (tertiary/aromatic N) is 6. The lowest BCUT2D eigenvalue weighted by atomic mass is 10.0. The van der Waals surface area contributed by atoms with E-state index in [2.05, 4.69) is 61.6 Å². The number of hydrogen-bond donors (Lipinski definition) is 2. The van der Waals surface area contributed by atoms with Crippen molar-refractivity contribution in [3.63, 3.8) is 0 Å². The number of aromatic nitrogens is 4. The second-order valence-electron chi connectivity index (χ2n) is 12.3. The third-order valence-electron chi connectivity index (χ3n) is 8.88. The molecule has 252 valence electrons. The van der Waals surface area contributed by atoms with Crippen LogP contribution < -0.4 is 21.1 Å². The van der Waals surface area contributed by atoms with Gasteiger partial charge in [-0.15, -0.1) is 0 Å². The van der Waals surface area contributed by atoms with Gasteiger partial charge in [-0.05, 0) is 99.6 Å². The summed E-state index contributed by atoms with van der Waals surface area (Å²) in [6.07, 6.45) is 8.93. The Labute approximate surface area is 283 Å². The van der Waals surface area contributed by atoms with Gasteiger partial charge in [0.1, 0.15) is 11.4 Å². The number of hydrogen-bond acceptors (Lipinski definition) is 8. The van der Waals surface area contributed by atoms with Crippen LogP contribution in [0.2, 0.25) is 0 Å². The Morgan fingerprint density at radius 2 is 1.78 bits per heavy atom. The lowest BCUT2D eigenvalue weighted by molar-refractivity contribution is 0.0955. The van der Waals surface area contributed by atoms with Crippen LogP contribution in [0.1, 0.15) is 40.2 Å². The second kappa shape index (κ2) is 14.7. The van der Waals surface area contributed by atoms with Crippen molar-refractivity contribution in [2.24, 2.45) is 0 Å². The summed E-state index contributed by atoms with van der Waals surface area (Å²) in [7, 11) is 4.34. The molecule has 0 unspecified atom stereocenters. The number of nitrogens with one attached hydrogen (secondary N) is 2. The lowest BCUT2D eigenvalue weighted by Crippen LogP contribution is -2.41. The van der Waals surface area contributed by atoms with E-state index < -0.39 is 23.1 Å². The van der Waals surface area contributed by atoms with Crippen LogP contribution in [-0.2, 0) is 6.54 Å². The zero-order chi connectivity index (χ0) is 34.5. The predicted octanol–water partition coefficient (Wildman–Crippen LogP) is 5.54. The highest BCUT2D eigenvalue weighted by atomic mass is 19.2. The molecule has 1 fully saturated rings. The van der Waals surface area contributed by atoms with E-state index in [-0.39, 0.29) is 18.7 Å². The molecule has 5 aromatic rings. The maximum absolute atomic E-state index is 13.7. The molecule has 12 heteroatoms. The van der Waals surface area contributed by atoms with Crippen molar-refractivity contribution in [3.05, 3.63) is 124 Å². The summed E-state index contributed by atoms with van der Waals surface area (Å²) in [6.45, 7) is 3.96. The number of likely N-dealkylation sites (tertiary alicyclic amines) is 1. The van der Waals surface area contributed by atoms with Gasteiger partial charge in [0.15, 0.2) is 11.6 Å². The molecule has 2 aromatic heterocycles. The average Bonchev–Trinajstić information content (AvgIpc) is 3.10. The summed E-state index contributed by atoms with van der Waals surface area (Å²) < 4.78 is 28.2. The quantitative estimate of drug-likeness (QED) is 0.201. The first-order valence-electron chi connectivity index (χ1n) is 16.1. The van der Waals surface area contributed by atoms with Gasteiger partial charge >= 0.3 is 0 Å². The highest BCUT2D eigenvalue weighted by Crippen LogP contribution is 2.25. The lowest BCUT2D eigenvalue weighted by Gasteiger charge is -2.36. The molecule has 1 amide bonds. The Balaban J connectivity index is 1.04. The van der Waals surface area contributed by atoms with E-state index in [0.717, 1.165) is 60.2 Å². The molecule has 1 saturated heterocycles. The van der Waals surface area contributed by atoms with Gasteiger partial charge in [-0.3, -0.25) is 14.2 Å². The van der Waals surface area contributed by atoms with Crippen LogP contribution in [0, 0.1) is 18.6 Å². The van der Waals surface area contributed by atoms with Crippen LogP contribution in [-0.4, -0.2) is 70.1 Å². The van der Waals surface area contributed by atoms with Gasteiger partial charge in [0.05, 0.1) is 12.1 Å². The van der Waals surface area contributed by atoms with Crippen LogP contribution in [0.5, 0.6) is 0 Å². The number of rotatable bonds is 10. The molecule has 0 aliphatic carbocycles. The number of aryl methyl sites for hydroxylation is 1. The average molecular weight is 665 g/mol. The smallest absolute Gasteiger partial charge is 0.266 e. The molecule has 0 radical (unpaired) electrons. The molecule has 3 heterocycles. The van der Waals surface area contributed by atoms with Crippen LogP contribution >= 0.6 is 0 Å². The fourth-order valence-electron chi connectivity index (χ4n) is 5.90. The Kier molecular flexibility index (Phi) is 10.0. The van der Waals surface area contributed by atoms with E-state index in [1.54, 1.807) is 19.2 Å². The molecule has 1 aliphatic heterocycles. The molecule has 2 N–H and O–H groups in total. The number of carbonyl (C=O) groups excluding carboxylic acids is 1. The van der Waals surface area contributed by atoms with E-state index in [0.29, 0.717) is 23.4 Å². The van der Waals surface area contributed by atoms with Crippen molar-refractivity contribution in [3.8, 4) is 0 Å². The maximum atomic E-state index is 13.7. The number of amides is 1. The van der Waals surface area contributed by atoms with Gasteiger partial charge < -0.3 is 20.4 Å². The van der Waals surface area contributed by atoms with E-state index in [1.807, 2.05) is 36.4 Å². The number of fused-ring (bicyclic) bond motifs is 1. The van der Waals surface area contributed by atoms with Gasteiger partial charge in [0, 0.05) is 48.8 Å². The Morgan fingerprint density at radius 3 is 2.53 bits per heavy atom. The normalized spacial score (nSPS) is 14.0. The van der Waals surface area contributed by atoms with Crippen LogP contribution in [0.4, 0.5) is 26.1 Å². The largest absolute Gasteiger partial charge is 0.372 e. The van der Waals surface area contributed by atoms with Gasteiger partial charge in [0.25, 0.3) is 11.5 Å². The topological polar surface area (TPSA) is 108 Å². The minimum absolute atomic E-state index is 0.0527.